The van der Waals surface area contributed by atoms with Gasteiger partial charge in [0.05, 0.1) is 25.9 Å². The van der Waals surface area contributed by atoms with Gasteiger partial charge in [0.1, 0.15) is 11.6 Å². The van der Waals surface area contributed by atoms with E-state index in [2.05, 4.69) is 18.7 Å². The van der Waals surface area contributed by atoms with Gasteiger partial charge in [-0.3, -0.25) is 4.90 Å². The average Bonchev–Trinajstić information content (AvgIpc) is 2.94. The second kappa shape index (κ2) is 12.0. The van der Waals surface area contributed by atoms with Crippen molar-refractivity contribution < 1.29 is 27.8 Å². The number of halogens is 2. The van der Waals surface area contributed by atoms with Gasteiger partial charge >= 0.3 is 5.97 Å². The van der Waals surface area contributed by atoms with Gasteiger partial charge in [0.2, 0.25) is 0 Å². The summed E-state index contributed by atoms with van der Waals surface area (Å²) in [6, 6.07) is 17.6. The van der Waals surface area contributed by atoms with Crippen LogP contribution >= 0.6 is 0 Å². The first-order valence-electron chi connectivity index (χ1n) is 14.3. The Labute approximate surface area is 241 Å². The smallest absolute Gasteiger partial charge is 0.338 e. The van der Waals surface area contributed by atoms with E-state index in [-0.39, 0.29) is 11.5 Å². The van der Waals surface area contributed by atoms with E-state index in [1.807, 2.05) is 49.4 Å². The molecule has 1 spiro atoms. The predicted octanol–water partition coefficient (Wildman–Crippen LogP) is 7.44. The van der Waals surface area contributed by atoms with E-state index in [0.29, 0.717) is 37.4 Å². The Hall–Kier alpha value is -3.13. The number of carbonyl (C=O) groups is 1. The molecule has 7 heteroatoms. The van der Waals surface area contributed by atoms with Gasteiger partial charge in [-0.25, -0.2) is 13.6 Å². The fourth-order valence-electron chi connectivity index (χ4n) is 5.99. The zero-order chi connectivity index (χ0) is 29.2. The van der Waals surface area contributed by atoms with Gasteiger partial charge in [-0.1, -0.05) is 44.2 Å². The van der Waals surface area contributed by atoms with Crippen LogP contribution in [-0.4, -0.2) is 43.0 Å². The Morgan fingerprint density at radius 2 is 1.54 bits per heavy atom. The highest BCUT2D eigenvalue weighted by Crippen LogP contribution is 2.41. The van der Waals surface area contributed by atoms with Crippen molar-refractivity contribution in [1.29, 1.82) is 0 Å². The highest BCUT2D eigenvalue weighted by Gasteiger charge is 2.44. The van der Waals surface area contributed by atoms with E-state index in [4.69, 9.17) is 14.2 Å². The van der Waals surface area contributed by atoms with E-state index in [1.54, 1.807) is 0 Å². The summed E-state index contributed by atoms with van der Waals surface area (Å²) in [5.41, 5.74) is 4.90. The number of methoxy groups -OCH3 is 1. The number of hydrogen-bond acceptors (Lipinski definition) is 5. The van der Waals surface area contributed by atoms with Crippen LogP contribution in [0, 0.1) is 24.0 Å². The summed E-state index contributed by atoms with van der Waals surface area (Å²) in [5, 5.41) is 0. The molecule has 1 saturated heterocycles. The van der Waals surface area contributed by atoms with E-state index in [1.165, 1.54) is 19.2 Å². The third-order valence-electron chi connectivity index (χ3n) is 8.30. The molecular formula is C34H39F2NO4. The van der Waals surface area contributed by atoms with Crippen LogP contribution in [0.3, 0.4) is 0 Å². The van der Waals surface area contributed by atoms with Crippen molar-refractivity contribution in [2.24, 2.45) is 5.41 Å². The summed E-state index contributed by atoms with van der Waals surface area (Å²) in [7, 11) is 1.38. The molecular weight excluding hydrogens is 524 g/mol. The van der Waals surface area contributed by atoms with E-state index < -0.39 is 23.4 Å². The fraction of sp³-hybridized carbons (Fsp3) is 0.441. The summed E-state index contributed by atoms with van der Waals surface area (Å²) in [6.45, 7) is 8.56. The second-order valence-electron chi connectivity index (χ2n) is 12.3. The van der Waals surface area contributed by atoms with Gasteiger partial charge in [0.25, 0.3) is 0 Å². The summed E-state index contributed by atoms with van der Waals surface area (Å²) in [4.78, 5) is 14.9. The zero-order valence-corrected chi connectivity index (χ0v) is 24.3. The first-order valence-corrected chi connectivity index (χ1v) is 14.3. The summed E-state index contributed by atoms with van der Waals surface area (Å²) >= 11 is 0. The maximum Gasteiger partial charge on any atom is 0.338 e. The Bertz CT molecular complexity index is 1360. The molecule has 1 heterocycles. The Morgan fingerprint density at radius 1 is 0.902 bits per heavy atom. The van der Waals surface area contributed by atoms with Gasteiger partial charge < -0.3 is 14.2 Å². The van der Waals surface area contributed by atoms with Crippen molar-refractivity contribution in [1.82, 2.24) is 4.90 Å². The maximum atomic E-state index is 14.1. The lowest BCUT2D eigenvalue weighted by Crippen LogP contribution is -2.51. The van der Waals surface area contributed by atoms with Crippen LogP contribution in [0.25, 0.3) is 11.1 Å². The fourth-order valence-corrected chi connectivity index (χ4v) is 5.99. The topological polar surface area (TPSA) is 48.0 Å². The lowest BCUT2D eigenvalue weighted by Gasteiger charge is -2.48. The van der Waals surface area contributed by atoms with Gasteiger partial charge in [-0.05, 0) is 71.8 Å². The number of ether oxygens (including phenoxy) is 3. The maximum absolute atomic E-state index is 14.1. The number of esters is 1. The lowest BCUT2D eigenvalue weighted by atomic mass is 9.86. The average molecular weight is 564 g/mol. The van der Waals surface area contributed by atoms with Gasteiger partial charge in [0, 0.05) is 43.5 Å². The number of rotatable bonds is 7. The molecule has 0 radical (unpaired) electrons. The van der Waals surface area contributed by atoms with Crippen LogP contribution in [0.4, 0.5) is 8.78 Å². The number of carbonyl (C=O) groups excluding carboxylic acids is 1. The summed E-state index contributed by atoms with van der Waals surface area (Å²) in [5.74, 6) is -2.12. The third-order valence-corrected chi connectivity index (χ3v) is 8.30. The summed E-state index contributed by atoms with van der Waals surface area (Å²) in [6.07, 6.45) is 3.20. The molecule has 2 aliphatic rings. The van der Waals surface area contributed by atoms with Crippen molar-refractivity contribution in [3.63, 3.8) is 0 Å². The SMILES string of the molecule is COC(=O)c1ccc(CN(Cc2cc(F)cc(F)c2)C2CCC3(CC2)OCC(C)(C)CO3)cc1-c1ccccc1C. The highest BCUT2D eigenvalue weighted by molar-refractivity contribution is 5.97. The molecule has 2 fully saturated rings. The lowest BCUT2D eigenvalue weighted by molar-refractivity contribution is -0.312. The largest absolute Gasteiger partial charge is 0.465 e. The minimum atomic E-state index is -0.585. The number of nitrogens with zero attached hydrogens (tertiary/aromatic N) is 1. The van der Waals surface area contributed by atoms with Crippen molar-refractivity contribution in [2.45, 2.75) is 71.4 Å². The molecule has 5 rings (SSSR count). The molecule has 41 heavy (non-hydrogen) atoms. The van der Waals surface area contributed by atoms with Crippen molar-refractivity contribution in [2.75, 3.05) is 20.3 Å². The third kappa shape index (κ3) is 6.85. The van der Waals surface area contributed by atoms with Crippen LogP contribution in [0.1, 0.15) is 66.6 Å². The minimum Gasteiger partial charge on any atom is -0.465 e. The van der Waals surface area contributed by atoms with Crippen LogP contribution in [0.5, 0.6) is 0 Å². The van der Waals surface area contributed by atoms with Crippen LogP contribution in [0.15, 0.2) is 60.7 Å². The van der Waals surface area contributed by atoms with Gasteiger partial charge in [0.15, 0.2) is 5.79 Å². The molecule has 218 valence electrons. The van der Waals surface area contributed by atoms with Crippen LogP contribution in [-0.2, 0) is 27.3 Å². The van der Waals surface area contributed by atoms with E-state index in [9.17, 15) is 13.6 Å². The molecule has 5 nitrogen and oxygen atoms in total. The molecule has 3 aromatic rings. The number of aryl methyl sites for hydroxylation is 1. The van der Waals surface area contributed by atoms with Gasteiger partial charge in [-0.15, -0.1) is 0 Å². The molecule has 0 bridgehead atoms. The van der Waals surface area contributed by atoms with E-state index >= 15 is 0 Å². The molecule has 0 atom stereocenters. The molecule has 0 amide bonds. The van der Waals surface area contributed by atoms with Crippen molar-refractivity contribution in [3.05, 3.63) is 94.6 Å². The Morgan fingerprint density at radius 3 is 2.17 bits per heavy atom. The molecule has 3 aromatic carbocycles. The molecule has 1 aliphatic carbocycles. The molecule has 0 aromatic heterocycles. The zero-order valence-electron chi connectivity index (χ0n) is 24.3. The second-order valence-corrected chi connectivity index (χ2v) is 12.3. The normalized spacial score (nSPS) is 18.5. The van der Waals surface area contributed by atoms with Gasteiger partial charge in [-0.2, -0.15) is 0 Å². The van der Waals surface area contributed by atoms with Crippen molar-refractivity contribution in [3.8, 4) is 11.1 Å². The highest BCUT2D eigenvalue weighted by atomic mass is 19.1. The summed E-state index contributed by atoms with van der Waals surface area (Å²) < 4.78 is 45.9. The molecule has 0 N–H and O–H groups in total. The molecule has 0 unspecified atom stereocenters. The molecule has 1 aliphatic heterocycles. The van der Waals surface area contributed by atoms with Crippen LogP contribution < -0.4 is 0 Å². The van der Waals surface area contributed by atoms with Crippen molar-refractivity contribution >= 4 is 5.97 Å². The predicted molar refractivity (Wildman–Crippen MR) is 154 cm³/mol. The van der Waals surface area contributed by atoms with Crippen LogP contribution in [0.2, 0.25) is 0 Å². The minimum absolute atomic E-state index is 0.000760. The first-order chi connectivity index (χ1) is 19.6. The Balaban J connectivity index is 1.43. The quantitative estimate of drug-likeness (QED) is 0.280. The monoisotopic (exact) mass is 563 g/mol. The van der Waals surface area contributed by atoms with E-state index in [0.717, 1.165) is 54.0 Å². The molecule has 1 saturated carbocycles. The first kappa shape index (κ1) is 29.4. The standard InChI is InChI=1S/C34H39F2NO4/c1-23-7-5-6-8-29(23)31-17-24(9-10-30(31)32(38)39-4)19-37(20-25-15-26(35)18-27(36)16-25)28-11-13-34(14-12-28)40-21-33(2,3)22-41-34/h5-10,15-18,28H,11-14,19-22H2,1-4H3. The number of benzene rings is 3. The Kier molecular flexibility index (Phi) is 8.60. The number of hydrogen-bond donors (Lipinski definition) is 0.